The minimum atomic E-state index is -0.319. The lowest BCUT2D eigenvalue weighted by molar-refractivity contribution is 0.104. The summed E-state index contributed by atoms with van der Waals surface area (Å²) < 4.78 is 19.1. The van der Waals surface area contributed by atoms with Crippen molar-refractivity contribution in [2.75, 3.05) is 20.1 Å². The zero-order valence-corrected chi connectivity index (χ0v) is 14.6. The molecule has 132 valence electrons. The first-order chi connectivity index (χ1) is 12.0. The van der Waals surface area contributed by atoms with Gasteiger partial charge >= 0.3 is 0 Å². The number of halogens is 1. The summed E-state index contributed by atoms with van der Waals surface area (Å²) in [6, 6.07) is 6.97. The molecule has 0 amide bonds. The van der Waals surface area contributed by atoms with Crippen LogP contribution in [0.2, 0.25) is 0 Å². The maximum absolute atomic E-state index is 14.1. The zero-order valence-electron chi connectivity index (χ0n) is 14.6. The lowest BCUT2D eigenvalue weighted by Crippen LogP contribution is -2.46. The highest BCUT2D eigenvalue weighted by molar-refractivity contribution is 5.32. The molecule has 2 aromatic rings. The van der Waals surface area contributed by atoms with Crippen molar-refractivity contribution in [3.8, 4) is 6.07 Å². The summed E-state index contributed by atoms with van der Waals surface area (Å²) >= 11 is 0. The monoisotopic (exact) mass is 343 g/mol. The maximum Gasteiger partial charge on any atom is 0.223 e. The number of hydrogen-bond acceptors (Lipinski definition) is 6. The Hall–Kier alpha value is -2.30. The van der Waals surface area contributed by atoms with Gasteiger partial charge in [0.2, 0.25) is 5.89 Å². The van der Waals surface area contributed by atoms with Gasteiger partial charge < -0.3 is 4.52 Å². The normalized spacial score (nSPS) is 18.4. The van der Waals surface area contributed by atoms with Gasteiger partial charge in [-0.3, -0.25) is 9.80 Å². The molecule has 25 heavy (non-hydrogen) atoms. The van der Waals surface area contributed by atoms with Crippen molar-refractivity contribution >= 4 is 0 Å². The highest BCUT2D eigenvalue weighted by atomic mass is 19.1. The molecule has 1 fully saturated rings. The largest absolute Gasteiger partial charge is 0.340 e. The van der Waals surface area contributed by atoms with Gasteiger partial charge in [0.05, 0.1) is 18.2 Å². The van der Waals surface area contributed by atoms with E-state index in [2.05, 4.69) is 19.9 Å². The summed E-state index contributed by atoms with van der Waals surface area (Å²) in [5, 5.41) is 12.8. The van der Waals surface area contributed by atoms with Crippen LogP contribution >= 0.6 is 0 Å². The second kappa shape index (κ2) is 7.72. The molecular formula is C18H22FN5O. The molecule has 1 aromatic heterocycles. The molecule has 1 aliphatic heterocycles. The van der Waals surface area contributed by atoms with Crippen LogP contribution in [0.5, 0.6) is 0 Å². The SMILES string of the molecule is Cc1nc(CN2CCC[C@@H](N(C)Cc3ccc(C#N)cc3F)C2)no1. The minimum absolute atomic E-state index is 0.319. The Balaban J connectivity index is 1.60. The van der Waals surface area contributed by atoms with Crippen molar-refractivity contribution in [1.29, 1.82) is 5.26 Å². The smallest absolute Gasteiger partial charge is 0.223 e. The van der Waals surface area contributed by atoms with Crippen LogP contribution in [0.3, 0.4) is 0 Å². The summed E-state index contributed by atoms with van der Waals surface area (Å²) in [6.07, 6.45) is 2.16. The number of piperidine rings is 1. The predicted molar refractivity (Wildman–Crippen MR) is 89.9 cm³/mol. The molecule has 2 heterocycles. The van der Waals surface area contributed by atoms with E-state index in [1.807, 2.05) is 13.1 Å². The average Bonchev–Trinajstić information content (AvgIpc) is 3.01. The van der Waals surface area contributed by atoms with Gasteiger partial charge in [0.1, 0.15) is 5.82 Å². The van der Waals surface area contributed by atoms with Crippen molar-refractivity contribution in [3.63, 3.8) is 0 Å². The van der Waals surface area contributed by atoms with E-state index in [1.54, 1.807) is 19.1 Å². The first kappa shape index (κ1) is 17.5. The quantitative estimate of drug-likeness (QED) is 0.831. The van der Waals surface area contributed by atoms with Crippen LogP contribution in [0.4, 0.5) is 4.39 Å². The van der Waals surface area contributed by atoms with E-state index in [0.717, 1.165) is 25.9 Å². The average molecular weight is 343 g/mol. The first-order valence-corrected chi connectivity index (χ1v) is 8.45. The number of likely N-dealkylation sites (N-methyl/N-ethyl adjacent to an activating group) is 1. The third-order valence-electron chi connectivity index (χ3n) is 4.64. The summed E-state index contributed by atoms with van der Waals surface area (Å²) in [7, 11) is 2.02. The molecule has 0 N–H and O–H groups in total. The molecule has 0 saturated carbocycles. The van der Waals surface area contributed by atoms with Crippen LogP contribution < -0.4 is 0 Å². The predicted octanol–water partition coefficient (Wildman–Crippen LogP) is 2.49. The molecule has 0 aliphatic carbocycles. The number of aryl methyl sites for hydroxylation is 1. The Morgan fingerprint density at radius 1 is 1.48 bits per heavy atom. The van der Waals surface area contributed by atoms with Gasteiger partial charge in [-0.1, -0.05) is 11.2 Å². The van der Waals surface area contributed by atoms with Gasteiger partial charge in [-0.15, -0.1) is 0 Å². The van der Waals surface area contributed by atoms with Crippen LogP contribution in [0.1, 0.15) is 35.7 Å². The Labute approximate surface area is 146 Å². The number of benzene rings is 1. The van der Waals surface area contributed by atoms with Crippen LogP contribution in [0.25, 0.3) is 0 Å². The number of likely N-dealkylation sites (tertiary alicyclic amines) is 1. The van der Waals surface area contributed by atoms with Gasteiger partial charge in [0.15, 0.2) is 5.82 Å². The molecule has 0 spiro atoms. The minimum Gasteiger partial charge on any atom is -0.340 e. The standard InChI is InChI=1S/C18H22FN5O/c1-13-21-18(22-25-13)12-24-7-3-4-16(11-24)23(2)10-15-6-5-14(9-20)8-17(15)19/h5-6,8,16H,3-4,7,10-12H2,1-2H3/t16-/m1/s1. The van der Waals surface area contributed by atoms with Gasteiger partial charge in [-0.05, 0) is 38.6 Å². The van der Waals surface area contributed by atoms with E-state index in [1.165, 1.54) is 6.07 Å². The summed E-state index contributed by atoms with van der Waals surface area (Å²) in [4.78, 5) is 8.75. The molecule has 1 saturated heterocycles. The number of aromatic nitrogens is 2. The lowest BCUT2D eigenvalue weighted by Gasteiger charge is -2.37. The van der Waals surface area contributed by atoms with E-state index in [9.17, 15) is 4.39 Å². The highest BCUT2D eigenvalue weighted by Gasteiger charge is 2.24. The molecule has 6 nitrogen and oxygen atoms in total. The van der Waals surface area contributed by atoms with E-state index in [0.29, 0.717) is 42.0 Å². The number of nitriles is 1. The molecule has 1 aliphatic rings. The van der Waals surface area contributed by atoms with Crippen molar-refractivity contribution in [2.24, 2.45) is 0 Å². The number of nitrogens with zero attached hydrogens (tertiary/aromatic N) is 5. The molecule has 0 radical (unpaired) electrons. The number of rotatable bonds is 5. The van der Waals surface area contributed by atoms with Crippen LogP contribution in [-0.4, -0.2) is 46.1 Å². The second-order valence-electron chi connectivity index (χ2n) is 6.59. The zero-order chi connectivity index (χ0) is 17.8. The van der Waals surface area contributed by atoms with Crippen molar-refractivity contribution < 1.29 is 8.91 Å². The molecule has 1 aromatic carbocycles. The summed E-state index contributed by atoms with van der Waals surface area (Å²) in [6.45, 7) is 4.88. The topological polar surface area (TPSA) is 69.2 Å². The van der Waals surface area contributed by atoms with Gasteiger partial charge in [0, 0.05) is 31.6 Å². The molecule has 0 unspecified atom stereocenters. The second-order valence-corrected chi connectivity index (χ2v) is 6.59. The Bertz CT molecular complexity index is 769. The molecule has 7 heteroatoms. The molecule has 3 rings (SSSR count). The fraction of sp³-hybridized carbons (Fsp3) is 0.500. The summed E-state index contributed by atoms with van der Waals surface area (Å²) in [5.74, 6) is 0.969. The molecular weight excluding hydrogens is 321 g/mol. The Kier molecular flexibility index (Phi) is 5.41. The lowest BCUT2D eigenvalue weighted by atomic mass is 10.0. The van der Waals surface area contributed by atoms with Gasteiger partial charge in [-0.25, -0.2) is 4.39 Å². The van der Waals surface area contributed by atoms with Crippen LogP contribution in [0.15, 0.2) is 22.7 Å². The van der Waals surface area contributed by atoms with Gasteiger partial charge in [-0.2, -0.15) is 10.2 Å². The van der Waals surface area contributed by atoms with E-state index in [-0.39, 0.29) is 5.82 Å². The maximum atomic E-state index is 14.1. The van der Waals surface area contributed by atoms with Crippen LogP contribution in [-0.2, 0) is 13.1 Å². The Morgan fingerprint density at radius 2 is 2.32 bits per heavy atom. The third-order valence-corrected chi connectivity index (χ3v) is 4.64. The van der Waals surface area contributed by atoms with Crippen molar-refractivity contribution in [1.82, 2.24) is 19.9 Å². The van der Waals surface area contributed by atoms with E-state index >= 15 is 0 Å². The van der Waals surface area contributed by atoms with E-state index in [4.69, 9.17) is 9.78 Å². The van der Waals surface area contributed by atoms with Gasteiger partial charge in [0.25, 0.3) is 0 Å². The molecule has 0 bridgehead atoms. The number of hydrogen-bond donors (Lipinski definition) is 0. The highest BCUT2D eigenvalue weighted by Crippen LogP contribution is 2.20. The Morgan fingerprint density at radius 3 is 3.00 bits per heavy atom. The third kappa shape index (κ3) is 4.41. The van der Waals surface area contributed by atoms with Crippen LogP contribution in [0, 0.1) is 24.1 Å². The molecule has 1 atom stereocenters. The fourth-order valence-corrected chi connectivity index (χ4v) is 3.28. The van der Waals surface area contributed by atoms with E-state index < -0.39 is 0 Å². The fourth-order valence-electron chi connectivity index (χ4n) is 3.28. The first-order valence-electron chi connectivity index (χ1n) is 8.45. The summed E-state index contributed by atoms with van der Waals surface area (Å²) in [5.41, 5.74) is 0.968. The van der Waals surface area contributed by atoms with Crippen molar-refractivity contribution in [2.45, 2.75) is 38.9 Å². The van der Waals surface area contributed by atoms with Crippen molar-refractivity contribution in [3.05, 3.63) is 46.9 Å².